The zero-order valence-electron chi connectivity index (χ0n) is 11.3. The van der Waals surface area contributed by atoms with Crippen molar-refractivity contribution in [2.24, 2.45) is 5.73 Å². The number of aromatic nitrogens is 2. The highest BCUT2D eigenvalue weighted by Crippen LogP contribution is 2.29. The minimum Gasteiger partial charge on any atom is -0.437 e. The Morgan fingerprint density at radius 1 is 1.35 bits per heavy atom. The topological polar surface area (TPSA) is 84.9 Å². The lowest BCUT2D eigenvalue weighted by atomic mass is 10.1. The quantitative estimate of drug-likeness (QED) is 0.661. The van der Waals surface area contributed by atoms with Crippen molar-refractivity contribution >= 4 is 5.84 Å². The van der Waals surface area contributed by atoms with Crippen LogP contribution in [0.2, 0.25) is 0 Å². The van der Waals surface area contributed by atoms with Crippen LogP contribution < -0.4 is 10.5 Å². The smallest absolute Gasteiger partial charge is 0.230 e. The monoisotopic (exact) mass is 268 g/mol. The van der Waals surface area contributed by atoms with Gasteiger partial charge in [0.15, 0.2) is 0 Å². The first kappa shape index (κ1) is 12.6. The average Bonchev–Trinajstić information content (AvgIpc) is 2.87. The minimum atomic E-state index is -0.0257. The second-order valence-corrected chi connectivity index (χ2v) is 4.95. The van der Waals surface area contributed by atoms with Gasteiger partial charge in [0.2, 0.25) is 5.88 Å². The minimum absolute atomic E-state index is 0.0257. The molecule has 0 atom stereocenters. The van der Waals surface area contributed by atoms with Gasteiger partial charge < -0.3 is 10.5 Å². The number of ether oxygens (including phenoxy) is 1. The molecule has 20 heavy (non-hydrogen) atoms. The van der Waals surface area contributed by atoms with Crippen molar-refractivity contribution in [2.75, 3.05) is 0 Å². The van der Waals surface area contributed by atoms with Gasteiger partial charge in [-0.1, -0.05) is 0 Å². The summed E-state index contributed by atoms with van der Waals surface area (Å²) in [5, 5.41) is 7.68. The Morgan fingerprint density at radius 3 is 2.90 bits per heavy atom. The number of nitrogens with one attached hydrogen (secondary N) is 1. The summed E-state index contributed by atoms with van der Waals surface area (Å²) in [6, 6.07) is 5.63. The predicted molar refractivity (Wildman–Crippen MR) is 76.3 cm³/mol. The van der Waals surface area contributed by atoms with E-state index < -0.39 is 0 Å². The van der Waals surface area contributed by atoms with Crippen molar-refractivity contribution in [1.29, 1.82) is 5.41 Å². The number of nitrogens with two attached hydrogens (primary N) is 1. The highest BCUT2D eigenvalue weighted by Gasteiger charge is 2.19. The average molecular weight is 268 g/mol. The summed E-state index contributed by atoms with van der Waals surface area (Å²) in [5.41, 5.74) is 9.32. The summed E-state index contributed by atoms with van der Waals surface area (Å²) in [6.45, 7) is 1.92. The van der Waals surface area contributed by atoms with Crippen LogP contribution in [-0.4, -0.2) is 15.8 Å². The van der Waals surface area contributed by atoms with E-state index in [1.165, 1.54) is 5.56 Å². The molecule has 0 unspecified atom stereocenters. The number of fused-ring (bicyclic) bond motifs is 1. The Morgan fingerprint density at radius 2 is 2.20 bits per heavy atom. The summed E-state index contributed by atoms with van der Waals surface area (Å²) in [4.78, 5) is 8.71. The molecule has 0 saturated heterocycles. The van der Waals surface area contributed by atoms with Crippen molar-refractivity contribution in [1.82, 2.24) is 9.97 Å². The predicted octanol–water partition coefficient (Wildman–Crippen LogP) is 2.35. The normalized spacial score (nSPS) is 13.1. The van der Waals surface area contributed by atoms with E-state index in [1.807, 2.05) is 25.1 Å². The van der Waals surface area contributed by atoms with E-state index in [0.717, 1.165) is 30.7 Å². The van der Waals surface area contributed by atoms with Gasteiger partial charge in [-0.15, -0.1) is 0 Å². The van der Waals surface area contributed by atoms with Gasteiger partial charge >= 0.3 is 0 Å². The van der Waals surface area contributed by atoms with E-state index in [1.54, 1.807) is 6.20 Å². The second kappa shape index (κ2) is 4.92. The maximum atomic E-state index is 7.68. The van der Waals surface area contributed by atoms with Gasteiger partial charge in [-0.3, -0.25) is 10.4 Å². The molecule has 2 aromatic rings. The number of hydrogen-bond donors (Lipinski definition) is 2. The fraction of sp³-hybridized carbons (Fsp3) is 0.267. The lowest BCUT2D eigenvalue weighted by Crippen LogP contribution is -2.14. The number of hydrogen-bond acceptors (Lipinski definition) is 4. The lowest BCUT2D eigenvalue weighted by Gasteiger charge is -2.11. The van der Waals surface area contributed by atoms with Gasteiger partial charge in [0.1, 0.15) is 11.6 Å². The third kappa shape index (κ3) is 2.34. The third-order valence-corrected chi connectivity index (χ3v) is 3.40. The summed E-state index contributed by atoms with van der Waals surface area (Å²) in [7, 11) is 0. The molecular formula is C15H16N4O. The summed E-state index contributed by atoms with van der Waals surface area (Å²) in [6.07, 6.45) is 4.69. The highest BCUT2D eigenvalue weighted by molar-refractivity contribution is 5.97. The van der Waals surface area contributed by atoms with Gasteiger partial charge in [0.25, 0.3) is 0 Å². The van der Waals surface area contributed by atoms with Crippen LogP contribution in [0.1, 0.15) is 28.9 Å². The Hall–Kier alpha value is -2.43. The van der Waals surface area contributed by atoms with Crippen LogP contribution in [0.15, 0.2) is 24.4 Å². The fourth-order valence-corrected chi connectivity index (χ4v) is 2.35. The van der Waals surface area contributed by atoms with E-state index in [0.29, 0.717) is 17.2 Å². The number of nitrogens with zero attached hydrogens (tertiary/aromatic N) is 2. The zero-order valence-corrected chi connectivity index (χ0v) is 11.3. The van der Waals surface area contributed by atoms with E-state index in [-0.39, 0.29) is 5.84 Å². The molecule has 1 aliphatic carbocycles. The Labute approximate surface area is 117 Å². The van der Waals surface area contributed by atoms with Crippen LogP contribution in [0.4, 0.5) is 0 Å². The third-order valence-electron chi connectivity index (χ3n) is 3.40. The molecule has 3 rings (SSSR count). The second-order valence-electron chi connectivity index (χ2n) is 4.95. The van der Waals surface area contributed by atoms with Gasteiger partial charge in [-0.05, 0) is 49.9 Å². The van der Waals surface area contributed by atoms with Gasteiger partial charge in [-0.2, -0.15) is 0 Å². The molecule has 2 aromatic heterocycles. The number of rotatable bonds is 3. The Kier molecular flexibility index (Phi) is 3.10. The van der Waals surface area contributed by atoms with Crippen molar-refractivity contribution in [3.63, 3.8) is 0 Å². The number of pyridine rings is 2. The maximum Gasteiger partial charge on any atom is 0.230 e. The van der Waals surface area contributed by atoms with Gasteiger partial charge in [0.05, 0.1) is 11.8 Å². The SMILES string of the molecule is Cc1ccc(Oc2nc3c(cc2C(=N)N)CCC3)cn1. The molecule has 0 fully saturated rings. The fourth-order valence-electron chi connectivity index (χ4n) is 2.35. The van der Waals surface area contributed by atoms with Crippen molar-refractivity contribution in [2.45, 2.75) is 26.2 Å². The molecule has 0 radical (unpaired) electrons. The maximum absolute atomic E-state index is 7.68. The summed E-state index contributed by atoms with van der Waals surface area (Å²) in [5.74, 6) is 0.967. The van der Waals surface area contributed by atoms with Crippen LogP contribution in [0.5, 0.6) is 11.6 Å². The standard InChI is InChI=1S/C15H16N4O/c1-9-5-6-11(8-18-9)20-15-12(14(16)17)7-10-3-2-4-13(10)19-15/h5-8H,2-4H2,1H3,(H3,16,17). The van der Waals surface area contributed by atoms with Gasteiger partial charge in [-0.25, -0.2) is 4.98 Å². The molecular weight excluding hydrogens is 252 g/mol. The molecule has 2 heterocycles. The molecule has 3 N–H and O–H groups in total. The lowest BCUT2D eigenvalue weighted by molar-refractivity contribution is 0.457. The first-order valence-corrected chi connectivity index (χ1v) is 6.61. The largest absolute Gasteiger partial charge is 0.437 e. The molecule has 0 amide bonds. The molecule has 0 saturated carbocycles. The molecule has 102 valence electrons. The van der Waals surface area contributed by atoms with Crippen molar-refractivity contribution in [3.05, 3.63) is 46.9 Å². The molecule has 1 aliphatic rings. The number of amidine groups is 1. The highest BCUT2D eigenvalue weighted by atomic mass is 16.5. The van der Waals surface area contributed by atoms with E-state index in [4.69, 9.17) is 15.9 Å². The molecule has 5 heteroatoms. The Bertz CT molecular complexity index is 664. The van der Waals surface area contributed by atoms with Crippen LogP contribution in [0.3, 0.4) is 0 Å². The molecule has 0 aromatic carbocycles. The van der Waals surface area contributed by atoms with E-state index in [2.05, 4.69) is 9.97 Å². The number of aryl methyl sites for hydroxylation is 3. The van der Waals surface area contributed by atoms with Crippen LogP contribution in [-0.2, 0) is 12.8 Å². The van der Waals surface area contributed by atoms with Crippen LogP contribution >= 0.6 is 0 Å². The first-order chi connectivity index (χ1) is 9.63. The summed E-state index contributed by atoms with van der Waals surface area (Å²) >= 11 is 0. The van der Waals surface area contributed by atoms with E-state index >= 15 is 0 Å². The van der Waals surface area contributed by atoms with Crippen molar-refractivity contribution < 1.29 is 4.74 Å². The molecule has 0 aliphatic heterocycles. The number of nitrogen functional groups attached to an aromatic ring is 1. The zero-order chi connectivity index (χ0) is 14.1. The molecule has 5 nitrogen and oxygen atoms in total. The molecule has 0 bridgehead atoms. The Balaban J connectivity index is 1.99. The van der Waals surface area contributed by atoms with Crippen molar-refractivity contribution in [3.8, 4) is 11.6 Å². The van der Waals surface area contributed by atoms with Crippen LogP contribution in [0.25, 0.3) is 0 Å². The molecule has 0 spiro atoms. The van der Waals surface area contributed by atoms with Gasteiger partial charge in [0, 0.05) is 11.4 Å². The van der Waals surface area contributed by atoms with E-state index in [9.17, 15) is 0 Å². The summed E-state index contributed by atoms with van der Waals surface area (Å²) < 4.78 is 5.76. The first-order valence-electron chi connectivity index (χ1n) is 6.61. The van der Waals surface area contributed by atoms with Crippen LogP contribution in [0, 0.1) is 12.3 Å².